The van der Waals surface area contributed by atoms with Crippen molar-refractivity contribution in [2.75, 3.05) is 6.61 Å². The van der Waals surface area contributed by atoms with E-state index in [0.29, 0.717) is 18.1 Å². The van der Waals surface area contributed by atoms with Crippen molar-refractivity contribution in [2.45, 2.75) is 46.0 Å². The molecule has 0 aliphatic carbocycles. The molecule has 3 heteroatoms. The van der Waals surface area contributed by atoms with Crippen molar-refractivity contribution in [2.24, 2.45) is 0 Å². The van der Waals surface area contributed by atoms with E-state index in [0.717, 1.165) is 24.8 Å². The van der Waals surface area contributed by atoms with Crippen LogP contribution in [0.25, 0.3) is 0 Å². The highest BCUT2D eigenvalue weighted by Gasteiger charge is 2.20. The number of rotatable bonds is 8. The Labute approximate surface area is 144 Å². The van der Waals surface area contributed by atoms with Gasteiger partial charge < -0.3 is 0 Å². The first-order chi connectivity index (χ1) is 11.7. The van der Waals surface area contributed by atoms with Crippen LogP contribution in [0.2, 0.25) is 0 Å². The van der Waals surface area contributed by atoms with E-state index < -0.39 is 5.97 Å². The number of carbonyl (C=O) groups excluding carboxylic acids is 1. The summed E-state index contributed by atoms with van der Waals surface area (Å²) in [7, 11) is 0. The molecule has 0 N–H and O–H groups in total. The lowest BCUT2D eigenvalue weighted by Gasteiger charge is -2.18. The molecule has 3 nitrogen and oxygen atoms in total. The second-order valence-corrected chi connectivity index (χ2v) is 5.95. The van der Waals surface area contributed by atoms with E-state index in [-0.39, 0.29) is 0 Å². The van der Waals surface area contributed by atoms with E-state index in [1.54, 1.807) is 6.92 Å². The molecule has 24 heavy (non-hydrogen) atoms. The molecule has 1 unspecified atom stereocenters. The predicted octanol–water partition coefficient (Wildman–Crippen LogP) is 5.09. The molecule has 0 fully saturated rings. The Balaban J connectivity index is 2.27. The van der Waals surface area contributed by atoms with Crippen LogP contribution in [0.3, 0.4) is 0 Å². The standard InChI is InChI=1S/C21H26O3/c1-4-16(3)20-18(15-14-17-10-7-6-8-11-17)12-9-13-19(20)21(22)24-23-5-2/h6-13,16H,4-5,14-15H2,1-3H3. The van der Waals surface area contributed by atoms with Gasteiger partial charge in [-0.25, -0.2) is 4.79 Å². The van der Waals surface area contributed by atoms with Gasteiger partial charge in [0.2, 0.25) is 0 Å². The van der Waals surface area contributed by atoms with E-state index in [4.69, 9.17) is 9.78 Å². The minimum Gasteiger partial charge on any atom is -0.293 e. The van der Waals surface area contributed by atoms with Gasteiger partial charge in [-0.05, 0) is 54.9 Å². The van der Waals surface area contributed by atoms with Gasteiger partial charge in [-0.2, -0.15) is 4.89 Å². The lowest BCUT2D eigenvalue weighted by atomic mass is 9.87. The van der Waals surface area contributed by atoms with Crippen molar-refractivity contribution < 1.29 is 14.6 Å². The summed E-state index contributed by atoms with van der Waals surface area (Å²) < 4.78 is 0. The van der Waals surface area contributed by atoms with Crippen LogP contribution < -0.4 is 0 Å². The number of carbonyl (C=O) groups is 1. The fraction of sp³-hybridized carbons (Fsp3) is 0.381. The van der Waals surface area contributed by atoms with Crippen LogP contribution in [0.5, 0.6) is 0 Å². The summed E-state index contributed by atoms with van der Waals surface area (Å²) >= 11 is 0. The summed E-state index contributed by atoms with van der Waals surface area (Å²) in [6.45, 7) is 6.42. The molecule has 0 aromatic heterocycles. The Kier molecular flexibility index (Phi) is 7.01. The van der Waals surface area contributed by atoms with Crippen LogP contribution in [-0.2, 0) is 22.6 Å². The normalized spacial score (nSPS) is 12.0. The number of hydrogen-bond acceptors (Lipinski definition) is 3. The summed E-state index contributed by atoms with van der Waals surface area (Å²) in [5.74, 6) is -0.116. The van der Waals surface area contributed by atoms with Crippen LogP contribution in [0.15, 0.2) is 48.5 Å². The zero-order chi connectivity index (χ0) is 17.4. The quantitative estimate of drug-likeness (QED) is 0.500. The number of aryl methyl sites for hydroxylation is 2. The molecule has 2 aromatic carbocycles. The monoisotopic (exact) mass is 326 g/mol. The molecule has 0 radical (unpaired) electrons. The third kappa shape index (κ3) is 4.68. The van der Waals surface area contributed by atoms with Crippen molar-refractivity contribution in [3.8, 4) is 0 Å². The third-order valence-electron chi connectivity index (χ3n) is 4.30. The Morgan fingerprint density at radius 3 is 2.42 bits per heavy atom. The van der Waals surface area contributed by atoms with Gasteiger partial charge in [0.05, 0.1) is 12.2 Å². The molecule has 128 valence electrons. The average molecular weight is 326 g/mol. The predicted molar refractivity (Wildman–Crippen MR) is 96.0 cm³/mol. The Morgan fingerprint density at radius 1 is 1.00 bits per heavy atom. The van der Waals surface area contributed by atoms with Crippen LogP contribution >= 0.6 is 0 Å². The van der Waals surface area contributed by atoms with E-state index in [9.17, 15) is 4.79 Å². The maximum atomic E-state index is 12.3. The summed E-state index contributed by atoms with van der Waals surface area (Å²) in [5, 5.41) is 0. The molecule has 0 aliphatic heterocycles. The lowest BCUT2D eigenvalue weighted by molar-refractivity contribution is -0.236. The first-order valence-corrected chi connectivity index (χ1v) is 8.66. The van der Waals surface area contributed by atoms with Crippen LogP contribution in [0.1, 0.15) is 60.2 Å². The highest BCUT2D eigenvalue weighted by atomic mass is 17.2. The molecule has 0 saturated heterocycles. The largest absolute Gasteiger partial charge is 0.373 e. The second-order valence-electron chi connectivity index (χ2n) is 5.95. The van der Waals surface area contributed by atoms with E-state index in [1.165, 1.54) is 11.1 Å². The second kappa shape index (κ2) is 9.24. The van der Waals surface area contributed by atoms with Crippen molar-refractivity contribution in [1.29, 1.82) is 0 Å². The van der Waals surface area contributed by atoms with Gasteiger partial charge in [0, 0.05) is 0 Å². The van der Waals surface area contributed by atoms with Gasteiger partial charge in [0.25, 0.3) is 0 Å². The first kappa shape index (κ1) is 18.2. The maximum Gasteiger partial charge on any atom is 0.373 e. The molecule has 0 bridgehead atoms. The number of hydrogen-bond donors (Lipinski definition) is 0. The highest BCUT2D eigenvalue weighted by molar-refractivity contribution is 5.91. The fourth-order valence-electron chi connectivity index (χ4n) is 2.88. The summed E-state index contributed by atoms with van der Waals surface area (Å²) in [6, 6.07) is 16.3. The van der Waals surface area contributed by atoms with E-state index >= 15 is 0 Å². The molecule has 0 aliphatic rings. The molecule has 2 rings (SSSR count). The molecule has 0 saturated carbocycles. The van der Waals surface area contributed by atoms with Crippen LogP contribution in [0, 0.1) is 0 Å². The van der Waals surface area contributed by atoms with Gasteiger partial charge in [-0.15, -0.1) is 0 Å². The van der Waals surface area contributed by atoms with Crippen LogP contribution in [0.4, 0.5) is 0 Å². The van der Waals surface area contributed by atoms with E-state index in [2.05, 4.69) is 44.2 Å². The van der Waals surface area contributed by atoms with Crippen molar-refractivity contribution in [3.05, 3.63) is 70.8 Å². The van der Waals surface area contributed by atoms with Crippen molar-refractivity contribution in [3.63, 3.8) is 0 Å². The summed E-state index contributed by atoms with van der Waals surface area (Å²) in [6.07, 6.45) is 2.82. The lowest BCUT2D eigenvalue weighted by Crippen LogP contribution is -2.13. The van der Waals surface area contributed by atoms with Crippen molar-refractivity contribution in [1.82, 2.24) is 0 Å². The van der Waals surface area contributed by atoms with Gasteiger partial charge in [0.1, 0.15) is 0 Å². The fourth-order valence-corrected chi connectivity index (χ4v) is 2.88. The molecule has 0 amide bonds. The number of benzene rings is 2. The smallest absolute Gasteiger partial charge is 0.293 e. The molecular formula is C21H26O3. The summed E-state index contributed by atoms with van der Waals surface area (Å²) in [5.41, 5.74) is 4.21. The third-order valence-corrected chi connectivity index (χ3v) is 4.30. The molecule has 1 atom stereocenters. The highest BCUT2D eigenvalue weighted by Crippen LogP contribution is 2.28. The minimum atomic E-state index is -0.409. The maximum absolute atomic E-state index is 12.3. The Bertz CT molecular complexity index is 649. The van der Waals surface area contributed by atoms with Crippen molar-refractivity contribution >= 4 is 5.97 Å². The first-order valence-electron chi connectivity index (χ1n) is 8.66. The zero-order valence-corrected chi connectivity index (χ0v) is 14.7. The molecule has 2 aromatic rings. The zero-order valence-electron chi connectivity index (χ0n) is 14.7. The summed E-state index contributed by atoms with van der Waals surface area (Å²) in [4.78, 5) is 22.1. The Morgan fingerprint density at radius 2 is 1.75 bits per heavy atom. The average Bonchev–Trinajstić information content (AvgIpc) is 2.64. The van der Waals surface area contributed by atoms with Gasteiger partial charge >= 0.3 is 5.97 Å². The molecule has 0 spiro atoms. The van der Waals surface area contributed by atoms with Gasteiger partial charge in [0.15, 0.2) is 0 Å². The minimum absolute atomic E-state index is 0.293. The SMILES string of the molecule is CCOOC(=O)c1cccc(CCc2ccccc2)c1C(C)CC. The topological polar surface area (TPSA) is 35.5 Å². The molecular weight excluding hydrogens is 300 g/mol. The van der Waals surface area contributed by atoms with E-state index in [1.807, 2.05) is 18.2 Å². The van der Waals surface area contributed by atoms with Gasteiger partial charge in [-0.1, -0.05) is 56.3 Å². The van der Waals surface area contributed by atoms with Crippen LogP contribution in [-0.4, -0.2) is 12.6 Å². The van der Waals surface area contributed by atoms with Gasteiger partial charge in [-0.3, -0.25) is 4.89 Å². The molecule has 0 heterocycles. The Hall–Kier alpha value is -2.13.